The maximum absolute atomic E-state index is 12.6. The van der Waals surface area contributed by atoms with Gasteiger partial charge in [-0.05, 0) is 34.9 Å². The van der Waals surface area contributed by atoms with E-state index < -0.39 is 0 Å². The van der Waals surface area contributed by atoms with Crippen molar-refractivity contribution in [2.24, 2.45) is 13.0 Å². The summed E-state index contributed by atoms with van der Waals surface area (Å²) >= 11 is 0. The highest BCUT2D eigenvalue weighted by atomic mass is 16.1. The van der Waals surface area contributed by atoms with Gasteiger partial charge in [-0.15, -0.1) is 0 Å². The zero-order valence-corrected chi connectivity index (χ0v) is 16.5. The standard InChI is InChI=1S/C25H23N3O/c1-28-16-22(14-27-28)18-5-7-19(8-6-18)24-15-26-13-21-10-9-20(12-23(21)24)25(29)11-4-17-2-3-17/h5-10,12-17H,2-4,11H2,1H3. The molecule has 2 heterocycles. The molecule has 1 aliphatic rings. The van der Waals surface area contributed by atoms with Crippen LogP contribution < -0.4 is 0 Å². The molecule has 0 aliphatic heterocycles. The second kappa shape index (κ2) is 7.28. The van der Waals surface area contributed by atoms with E-state index in [0.717, 1.165) is 50.9 Å². The van der Waals surface area contributed by atoms with Crippen molar-refractivity contribution in [1.29, 1.82) is 0 Å². The summed E-state index contributed by atoms with van der Waals surface area (Å²) in [5.74, 6) is 1.02. The number of hydrogen-bond donors (Lipinski definition) is 0. The molecule has 144 valence electrons. The summed E-state index contributed by atoms with van der Waals surface area (Å²) < 4.78 is 1.81. The summed E-state index contributed by atoms with van der Waals surface area (Å²) in [5.41, 5.74) is 5.18. The molecule has 1 saturated carbocycles. The number of ketones is 1. The second-order valence-electron chi connectivity index (χ2n) is 8.01. The minimum absolute atomic E-state index is 0.244. The van der Waals surface area contributed by atoms with E-state index in [4.69, 9.17) is 0 Å². The Hall–Kier alpha value is -3.27. The highest BCUT2D eigenvalue weighted by molar-refractivity contribution is 6.03. The molecule has 0 N–H and O–H groups in total. The van der Waals surface area contributed by atoms with Crippen LogP contribution in [0, 0.1) is 5.92 Å². The molecular formula is C25H23N3O. The molecule has 4 nitrogen and oxygen atoms in total. The lowest BCUT2D eigenvalue weighted by molar-refractivity contribution is 0.0978. The van der Waals surface area contributed by atoms with Crippen molar-refractivity contribution in [3.05, 3.63) is 72.8 Å². The van der Waals surface area contributed by atoms with E-state index in [1.807, 2.05) is 50.0 Å². The van der Waals surface area contributed by atoms with Crippen LogP contribution in [0.4, 0.5) is 0 Å². The van der Waals surface area contributed by atoms with E-state index in [-0.39, 0.29) is 5.78 Å². The zero-order chi connectivity index (χ0) is 19.8. The highest BCUT2D eigenvalue weighted by Crippen LogP contribution is 2.34. The van der Waals surface area contributed by atoms with Gasteiger partial charge in [0.25, 0.3) is 0 Å². The van der Waals surface area contributed by atoms with Gasteiger partial charge in [0.1, 0.15) is 0 Å². The van der Waals surface area contributed by atoms with Crippen LogP contribution in [0.3, 0.4) is 0 Å². The number of pyridine rings is 1. The van der Waals surface area contributed by atoms with E-state index in [0.29, 0.717) is 6.42 Å². The first-order chi connectivity index (χ1) is 14.2. The fourth-order valence-electron chi connectivity index (χ4n) is 3.87. The van der Waals surface area contributed by atoms with Crippen LogP contribution in [-0.4, -0.2) is 20.5 Å². The van der Waals surface area contributed by atoms with Crippen LogP contribution in [0.1, 0.15) is 36.0 Å². The van der Waals surface area contributed by atoms with Crippen LogP contribution in [-0.2, 0) is 7.05 Å². The number of benzene rings is 2. The first-order valence-corrected chi connectivity index (χ1v) is 10.2. The topological polar surface area (TPSA) is 47.8 Å². The Morgan fingerprint density at radius 2 is 1.79 bits per heavy atom. The number of fused-ring (bicyclic) bond motifs is 1. The molecule has 29 heavy (non-hydrogen) atoms. The summed E-state index contributed by atoms with van der Waals surface area (Å²) in [6.45, 7) is 0. The van der Waals surface area contributed by atoms with Gasteiger partial charge in [-0.2, -0.15) is 5.10 Å². The Labute approximate surface area is 170 Å². The van der Waals surface area contributed by atoms with Crippen molar-refractivity contribution < 1.29 is 4.79 Å². The van der Waals surface area contributed by atoms with Gasteiger partial charge in [0.15, 0.2) is 5.78 Å². The second-order valence-corrected chi connectivity index (χ2v) is 8.01. The minimum Gasteiger partial charge on any atom is -0.294 e. The van der Waals surface area contributed by atoms with E-state index in [9.17, 15) is 4.79 Å². The zero-order valence-electron chi connectivity index (χ0n) is 16.5. The molecule has 0 amide bonds. The smallest absolute Gasteiger partial charge is 0.162 e. The Kier molecular flexibility index (Phi) is 4.47. The number of Topliss-reactive ketones (excluding diaryl/α,β-unsaturated/α-hetero) is 1. The SMILES string of the molecule is Cn1cc(-c2ccc(-c3cncc4ccc(C(=O)CCC5CC5)cc34)cc2)cn1. The Bertz CT molecular complexity index is 1190. The molecule has 5 rings (SSSR count). The van der Waals surface area contributed by atoms with E-state index in [1.165, 1.54) is 12.8 Å². The fraction of sp³-hybridized carbons (Fsp3) is 0.240. The average molecular weight is 381 g/mol. The Morgan fingerprint density at radius 1 is 1.00 bits per heavy atom. The van der Waals surface area contributed by atoms with Crippen LogP contribution in [0.2, 0.25) is 0 Å². The average Bonchev–Trinajstić information content (AvgIpc) is 3.49. The van der Waals surface area contributed by atoms with E-state index in [2.05, 4.69) is 34.3 Å². The predicted molar refractivity (Wildman–Crippen MR) is 116 cm³/mol. The van der Waals surface area contributed by atoms with Gasteiger partial charge >= 0.3 is 0 Å². The molecule has 0 unspecified atom stereocenters. The van der Waals surface area contributed by atoms with Crippen LogP contribution in [0.25, 0.3) is 33.0 Å². The number of rotatable bonds is 6. The van der Waals surface area contributed by atoms with Crippen molar-refractivity contribution >= 4 is 16.6 Å². The van der Waals surface area contributed by atoms with Crippen molar-refractivity contribution in [2.45, 2.75) is 25.7 Å². The fourth-order valence-corrected chi connectivity index (χ4v) is 3.87. The molecule has 4 heteroatoms. The molecule has 4 aromatic rings. The third kappa shape index (κ3) is 3.70. The maximum Gasteiger partial charge on any atom is 0.162 e. The number of nitrogens with zero attached hydrogens (tertiary/aromatic N) is 3. The molecule has 0 saturated heterocycles. The van der Waals surface area contributed by atoms with Gasteiger partial charge in [-0.3, -0.25) is 14.5 Å². The first-order valence-electron chi connectivity index (χ1n) is 10.2. The number of carbonyl (C=O) groups is 1. The summed E-state index contributed by atoms with van der Waals surface area (Å²) in [7, 11) is 1.92. The summed E-state index contributed by atoms with van der Waals surface area (Å²) in [4.78, 5) is 17.1. The molecule has 1 fully saturated rings. The third-order valence-electron chi connectivity index (χ3n) is 5.79. The summed E-state index contributed by atoms with van der Waals surface area (Å²) in [5, 5.41) is 6.37. The molecule has 0 radical (unpaired) electrons. The molecule has 2 aromatic heterocycles. The highest BCUT2D eigenvalue weighted by Gasteiger charge is 2.22. The van der Waals surface area contributed by atoms with Crippen molar-refractivity contribution in [3.63, 3.8) is 0 Å². The summed E-state index contributed by atoms with van der Waals surface area (Å²) in [6.07, 6.45) is 11.9. The van der Waals surface area contributed by atoms with Gasteiger partial charge in [-0.1, -0.05) is 49.2 Å². The minimum atomic E-state index is 0.244. The third-order valence-corrected chi connectivity index (χ3v) is 5.79. The van der Waals surface area contributed by atoms with E-state index >= 15 is 0 Å². The van der Waals surface area contributed by atoms with Gasteiger partial charge in [-0.25, -0.2) is 0 Å². The first kappa shape index (κ1) is 17.8. The lowest BCUT2D eigenvalue weighted by atomic mass is 9.96. The van der Waals surface area contributed by atoms with Gasteiger partial charge in [0, 0.05) is 54.1 Å². The lowest BCUT2D eigenvalue weighted by Gasteiger charge is -2.09. The van der Waals surface area contributed by atoms with Crippen LogP contribution >= 0.6 is 0 Å². The largest absolute Gasteiger partial charge is 0.294 e. The van der Waals surface area contributed by atoms with Crippen LogP contribution in [0.5, 0.6) is 0 Å². The summed E-state index contributed by atoms with van der Waals surface area (Å²) in [6, 6.07) is 14.4. The van der Waals surface area contributed by atoms with Crippen molar-refractivity contribution in [1.82, 2.24) is 14.8 Å². The number of hydrogen-bond acceptors (Lipinski definition) is 3. The molecular weight excluding hydrogens is 358 g/mol. The van der Waals surface area contributed by atoms with Crippen LogP contribution in [0.15, 0.2) is 67.3 Å². The van der Waals surface area contributed by atoms with Gasteiger partial charge in [0.2, 0.25) is 0 Å². The molecule has 0 atom stereocenters. The lowest BCUT2D eigenvalue weighted by Crippen LogP contribution is -1.99. The molecule has 0 bridgehead atoms. The Balaban J connectivity index is 1.48. The predicted octanol–water partition coefficient (Wildman–Crippen LogP) is 5.68. The Morgan fingerprint density at radius 3 is 2.52 bits per heavy atom. The normalized spacial score (nSPS) is 13.7. The monoisotopic (exact) mass is 381 g/mol. The van der Waals surface area contributed by atoms with Gasteiger partial charge < -0.3 is 0 Å². The maximum atomic E-state index is 12.6. The van der Waals surface area contributed by atoms with Crippen molar-refractivity contribution in [2.75, 3.05) is 0 Å². The molecule has 0 spiro atoms. The molecule has 1 aliphatic carbocycles. The quantitative estimate of drug-likeness (QED) is 0.404. The number of carbonyl (C=O) groups excluding carboxylic acids is 1. The number of aryl methyl sites for hydroxylation is 1. The van der Waals surface area contributed by atoms with E-state index in [1.54, 1.807) is 4.68 Å². The molecule has 2 aromatic carbocycles. The van der Waals surface area contributed by atoms with Crippen molar-refractivity contribution in [3.8, 4) is 22.3 Å². The number of aromatic nitrogens is 3. The van der Waals surface area contributed by atoms with Gasteiger partial charge in [0.05, 0.1) is 6.20 Å².